The summed E-state index contributed by atoms with van der Waals surface area (Å²) in [5.41, 5.74) is 0.359. The predicted molar refractivity (Wildman–Crippen MR) is 57.2 cm³/mol. The van der Waals surface area contributed by atoms with Gasteiger partial charge in [-0.3, -0.25) is 0 Å². The van der Waals surface area contributed by atoms with Gasteiger partial charge in [0.15, 0.2) is 0 Å². The largest absolute Gasteiger partial charge is 0.503 e. The second-order valence-electron chi connectivity index (χ2n) is 3.76. The summed E-state index contributed by atoms with van der Waals surface area (Å²) in [4.78, 5) is 0. The first-order valence-corrected chi connectivity index (χ1v) is 6.86. The lowest BCUT2D eigenvalue weighted by Gasteiger charge is -2.33. The first kappa shape index (κ1) is 12.1. The second kappa shape index (κ2) is 5.23. The van der Waals surface area contributed by atoms with Crippen molar-refractivity contribution in [2.45, 2.75) is 18.9 Å². The lowest BCUT2D eigenvalue weighted by molar-refractivity contribution is 0.105. The molecule has 0 aromatic rings. The zero-order valence-corrected chi connectivity index (χ0v) is 10.5. The summed E-state index contributed by atoms with van der Waals surface area (Å²) >= 11 is 0. The van der Waals surface area contributed by atoms with E-state index in [4.69, 9.17) is 13.3 Å². The van der Waals surface area contributed by atoms with Crippen molar-refractivity contribution in [3.63, 3.8) is 0 Å². The average molecular weight is 219 g/mol. The van der Waals surface area contributed by atoms with Gasteiger partial charge in [0.25, 0.3) is 0 Å². The molecule has 0 aromatic heterocycles. The second-order valence-corrected chi connectivity index (χ2v) is 7.10. The third-order valence-corrected chi connectivity index (χ3v) is 6.51. The normalized spacial score (nSPS) is 25.3. The van der Waals surface area contributed by atoms with Gasteiger partial charge >= 0.3 is 8.80 Å². The fourth-order valence-electron chi connectivity index (χ4n) is 2.20. The van der Waals surface area contributed by atoms with Crippen LogP contribution in [0.2, 0.25) is 5.54 Å². The summed E-state index contributed by atoms with van der Waals surface area (Å²) in [5.74, 6) is 0.613. The van der Waals surface area contributed by atoms with Crippen LogP contribution in [0.4, 0.5) is 0 Å². The minimum atomic E-state index is -2.43. The third-order valence-electron chi connectivity index (χ3n) is 3.22. The Labute approximate surface area is 87.3 Å². The van der Waals surface area contributed by atoms with Gasteiger partial charge < -0.3 is 18.6 Å². The lowest BCUT2D eigenvalue weighted by atomic mass is 10.1. The summed E-state index contributed by atoms with van der Waals surface area (Å²) in [6.07, 6.45) is 1.19. The van der Waals surface area contributed by atoms with E-state index in [0.717, 1.165) is 13.1 Å². The van der Waals surface area contributed by atoms with Crippen LogP contribution in [-0.2, 0) is 13.3 Å². The molecular formula is C9H21NO3Si. The smallest absolute Gasteiger partial charge is 0.377 e. The van der Waals surface area contributed by atoms with Gasteiger partial charge in [-0.25, -0.2) is 0 Å². The molecule has 2 atom stereocenters. The van der Waals surface area contributed by atoms with Gasteiger partial charge in [-0.15, -0.1) is 0 Å². The molecule has 1 aliphatic rings. The number of nitrogens with one attached hydrogen (secondary N) is 1. The molecule has 14 heavy (non-hydrogen) atoms. The SMILES string of the molecule is CO[Si](OC)(OC)C(C)C1CCNC1. The van der Waals surface area contributed by atoms with E-state index in [9.17, 15) is 0 Å². The van der Waals surface area contributed by atoms with Crippen molar-refractivity contribution < 1.29 is 13.3 Å². The highest BCUT2D eigenvalue weighted by molar-refractivity contribution is 6.62. The summed E-state index contributed by atoms with van der Waals surface area (Å²) in [5, 5.41) is 3.35. The zero-order chi connectivity index (χ0) is 10.6. The molecule has 0 amide bonds. The van der Waals surface area contributed by atoms with Crippen LogP contribution in [0.3, 0.4) is 0 Å². The molecule has 1 rings (SSSR count). The first-order valence-electron chi connectivity index (χ1n) is 5.06. The molecule has 4 nitrogen and oxygen atoms in total. The van der Waals surface area contributed by atoms with Gasteiger partial charge in [0.05, 0.1) is 0 Å². The molecular weight excluding hydrogens is 198 g/mol. The van der Waals surface area contributed by atoms with Crippen LogP contribution in [0.5, 0.6) is 0 Å². The molecule has 2 unspecified atom stereocenters. The first-order chi connectivity index (χ1) is 6.70. The lowest BCUT2D eigenvalue weighted by Crippen LogP contribution is -2.49. The molecule has 0 spiro atoms. The number of rotatable bonds is 5. The van der Waals surface area contributed by atoms with Crippen LogP contribution >= 0.6 is 0 Å². The Kier molecular flexibility index (Phi) is 4.53. The Balaban J connectivity index is 2.65. The molecule has 1 fully saturated rings. The van der Waals surface area contributed by atoms with E-state index in [1.54, 1.807) is 21.3 Å². The summed E-state index contributed by atoms with van der Waals surface area (Å²) in [7, 11) is 2.61. The van der Waals surface area contributed by atoms with Crippen molar-refractivity contribution in [1.29, 1.82) is 0 Å². The van der Waals surface area contributed by atoms with Crippen LogP contribution in [0.15, 0.2) is 0 Å². The Bertz CT molecular complexity index is 161. The number of hydrogen-bond acceptors (Lipinski definition) is 4. The molecule has 1 aliphatic heterocycles. The van der Waals surface area contributed by atoms with E-state index >= 15 is 0 Å². The summed E-state index contributed by atoms with van der Waals surface area (Å²) in [6, 6.07) is 0. The highest BCUT2D eigenvalue weighted by Crippen LogP contribution is 2.34. The van der Waals surface area contributed by atoms with E-state index in [0.29, 0.717) is 11.5 Å². The fourth-order valence-corrected chi connectivity index (χ4v) is 4.68. The van der Waals surface area contributed by atoms with Gasteiger partial charge in [0.2, 0.25) is 0 Å². The standard InChI is InChI=1S/C9H21NO3Si/c1-8(9-5-6-10-7-9)14(11-2,12-3)13-4/h8-10H,5-7H2,1-4H3. The van der Waals surface area contributed by atoms with Crippen molar-refractivity contribution in [3.8, 4) is 0 Å². The Morgan fingerprint density at radius 1 is 1.21 bits per heavy atom. The maximum Gasteiger partial charge on any atom is 0.503 e. The third kappa shape index (κ3) is 2.17. The molecule has 5 heteroatoms. The van der Waals surface area contributed by atoms with Gasteiger partial charge in [-0.1, -0.05) is 6.92 Å². The molecule has 0 bridgehead atoms. The van der Waals surface area contributed by atoms with E-state index < -0.39 is 8.80 Å². The van der Waals surface area contributed by atoms with Crippen LogP contribution < -0.4 is 5.32 Å². The van der Waals surface area contributed by atoms with Gasteiger partial charge in [-0.05, 0) is 25.4 Å². The van der Waals surface area contributed by atoms with Crippen LogP contribution in [-0.4, -0.2) is 43.2 Å². The van der Waals surface area contributed by atoms with E-state index in [2.05, 4.69) is 12.2 Å². The van der Waals surface area contributed by atoms with Crippen LogP contribution in [0, 0.1) is 5.92 Å². The zero-order valence-electron chi connectivity index (χ0n) is 9.50. The number of hydrogen-bond donors (Lipinski definition) is 1. The molecule has 1 heterocycles. The maximum atomic E-state index is 5.48. The van der Waals surface area contributed by atoms with E-state index in [-0.39, 0.29) is 0 Å². The molecule has 1 N–H and O–H groups in total. The van der Waals surface area contributed by atoms with Crippen molar-refractivity contribution in [2.75, 3.05) is 34.4 Å². The molecule has 0 saturated carbocycles. The molecule has 1 saturated heterocycles. The molecule has 0 radical (unpaired) electrons. The fraction of sp³-hybridized carbons (Fsp3) is 1.00. The quantitative estimate of drug-likeness (QED) is 0.696. The summed E-state index contributed by atoms with van der Waals surface area (Å²) < 4.78 is 16.4. The van der Waals surface area contributed by atoms with Crippen molar-refractivity contribution in [1.82, 2.24) is 5.32 Å². The topological polar surface area (TPSA) is 39.7 Å². The van der Waals surface area contributed by atoms with Gasteiger partial charge in [0, 0.05) is 26.9 Å². The molecule has 0 aromatic carbocycles. The monoisotopic (exact) mass is 219 g/mol. The average Bonchev–Trinajstić information content (AvgIpc) is 2.74. The van der Waals surface area contributed by atoms with E-state index in [1.807, 2.05) is 0 Å². The van der Waals surface area contributed by atoms with Gasteiger partial charge in [0.1, 0.15) is 0 Å². The van der Waals surface area contributed by atoms with Gasteiger partial charge in [-0.2, -0.15) is 0 Å². The maximum absolute atomic E-state index is 5.48. The predicted octanol–water partition coefficient (Wildman–Crippen LogP) is 0.864. The van der Waals surface area contributed by atoms with Crippen LogP contribution in [0.1, 0.15) is 13.3 Å². The Hall–Kier alpha value is 0.0569. The highest BCUT2D eigenvalue weighted by Gasteiger charge is 2.48. The molecule has 84 valence electrons. The minimum absolute atomic E-state index is 0.359. The van der Waals surface area contributed by atoms with Crippen molar-refractivity contribution >= 4 is 8.80 Å². The van der Waals surface area contributed by atoms with Crippen molar-refractivity contribution in [2.24, 2.45) is 5.92 Å². The highest BCUT2D eigenvalue weighted by atomic mass is 28.4. The van der Waals surface area contributed by atoms with Crippen LogP contribution in [0.25, 0.3) is 0 Å². The molecule has 0 aliphatic carbocycles. The summed E-state index contributed by atoms with van der Waals surface area (Å²) in [6.45, 7) is 4.31. The minimum Gasteiger partial charge on any atom is -0.377 e. The Morgan fingerprint density at radius 2 is 1.79 bits per heavy atom. The van der Waals surface area contributed by atoms with E-state index in [1.165, 1.54) is 6.42 Å². The Morgan fingerprint density at radius 3 is 2.14 bits per heavy atom. The van der Waals surface area contributed by atoms with Crippen molar-refractivity contribution in [3.05, 3.63) is 0 Å².